The van der Waals surface area contributed by atoms with E-state index in [2.05, 4.69) is 55.9 Å². The molecule has 1 aromatic carbocycles. The van der Waals surface area contributed by atoms with Crippen LogP contribution in [0.25, 0.3) is 11.0 Å². The highest BCUT2D eigenvalue weighted by molar-refractivity contribution is 5.89. The standard InChI is InChI=1S/C15H18N6/c1-3-6-10-7-4-5-8-12(10)18-13-11-9-17-21-14(11)20-15(16-2)19-13/h4-5,7-9H,3,6H2,1-2H3,(H3,16,17,18,19,20,21). The van der Waals surface area contributed by atoms with Crippen LogP contribution in [0.4, 0.5) is 17.5 Å². The predicted molar refractivity (Wildman–Crippen MR) is 85.0 cm³/mol. The van der Waals surface area contributed by atoms with Gasteiger partial charge in [0, 0.05) is 12.7 Å². The number of aromatic amines is 1. The molecular weight excluding hydrogens is 264 g/mol. The van der Waals surface area contributed by atoms with E-state index in [1.165, 1.54) is 5.56 Å². The van der Waals surface area contributed by atoms with Gasteiger partial charge in [0.25, 0.3) is 0 Å². The van der Waals surface area contributed by atoms with Gasteiger partial charge in [-0.25, -0.2) is 0 Å². The maximum Gasteiger partial charge on any atom is 0.226 e. The molecule has 108 valence electrons. The van der Waals surface area contributed by atoms with Crippen molar-refractivity contribution in [1.29, 1.82) is 0 Å². The highest BCUT2D eigenvalue weighted by atomic mass is 15.2. The number of para-hydroxylation sites is 1. The molecule has 6 heteroatoms. The first-order chi connectivity index (χ1) is 10.3. The molecule has 0 aliphatic rings. The Kier molecular flexibility index (Phi) is 3.68. The topological polar surface area (TPSA) is 78.5 Å². The van der Waals surface area contributed by atoms with Gasteiger partial charge in [-0.15, -0.1) is 0 Å². The van der Waals surface area contributed by atoms with Gasteiger partial charge in [0.15, 0.2) is 5.65 Å². The molecule has 0 unspecified atom stereocenters. The van der Waals surface area contributed by atoms with Crippen LogP contribution < -0.4 is 10.6 Å². The summed E-state index contributed by atoms with van der Waals surface area (Å²) in [6.45, 7) is 2.18. The van der Waals surface area contributed by atoms with E-state index in [-0.39, 0.29) is 0 Å². The highest BCUT2D eigenvalue weighted by Crippen LogP contribution is 2.26. The fourth-order valence-corrected chi connectivity index (χ4v) is 2.30. The number of anilines is 3. The number of benzene rings is 1. The van der Waals surface area contributed by atoms with Crippen LogP contribution in [0.5, 0.6) is 0 Å². The van der Waals surface area contributed by atoms with Gasteiger partial charge in [0.05, 0.1) is 11.6 Å². The normalized spacial score (nSPS) is 10.8. The van der Waals surface area contributed by atoms with Gasteiger partial charge in [-0.05, 0) is 18.1 Å². The molecule has 0 spiro atoms. The maximum absolute atomic E-state index is 4.49. The van der Waals surface area contributed by atoms with Crippen molar-refractivity contribution >= 4 is 28.5 Å². The molecule has 0 aliphatic heterocycles. The molecule has 3 N–H and O–H groups in total. The summed E-state index contributed by atoms with van der Waals surface area (Å²) in [6.07, 6.45) is 3.87. The van der Waals surface area contributed by atoms with E-state index >= 15 is 0 Å². The molecule has 0 aliphatic carbocycles. The van der Waals surface area contributed by atoms with E-state index in [0.717, 1.165) is 29.7 Å². The van der Waals surface area contributed by atoms with Crippen molar-refractivity contribution in [2.45, 2.75) is 19.8 Å². The van der Waals surface area contributed by atoms with Crippen LogP contribution in [-0.2, 0) is 6.42 Å². The average molecular weight is 282 g/mol. The van der Waals surface area contributed by atoms with E-state index in [1.807, 2.05) is 6.07 Å². The van der Waals surface area contributed by atoms with Crippen LogP contribution in [-0.4, -0.2) is 27.2 Å². The van der Waals surface area contributed by atoms with Gasteiger partial charge >= 0.3 is 0 Å². The Labute approximate surface area is 123 Å². The summed E-state index contributed by atoms with van der Waals surface area (Å²) in [5.74, 6) is 1.31. The van der Waals surface area contributed by atoms with Crippen molar-refractivity contribution in [3.05, 3.63) is 36.0 Å². The molecule has 0 atom stereocenters. The maximum atomic E-state index is 4.49. The predicted octanol–water partition coefficient (Wildman–Crippen LogP) is 3.09. The number of nitrogens with one attached hydrogen (secondary N) is 3. The molecule has 3 aromatic rings. The van der Waals surface area contributed by atoms with Crippen LogP contribution in [0.15, 0.2) is 30.5 Å². The Balaban J connectivity index is 2.03. The highest BCUT2D eigenvalue weighted by Gasteiger charge is 2.10. The number of rotatable bonds is 5. The lowest BCUT2D eigenvalue weighted by molar-refractivity contribution is 0.923. The van der Waals surface area contributed by atoms with Crippen molar-refractivity contribution in [3.8, 4) is 0 Å². The Morgan fingerprint density at radius 2 is 2.05 bits per heavy atom. The summed E-state index contributed by atoms with van der Waals surface area (Å²) < 4.78 is 0. The second kappa shape index (κ2) is 5.78. The van der Waals surface area contributed by atoms with Gasteiger partial charge in [-0.1, -0.05) is 31.5 Å². The number of hydrogen-bond acceptors (Lipinski definition) is 5. The van der Waals surface area contributed by atoms with Gasteiger partial charge in [0.2, 0.25) is 5.95 Å². The molecule has 3 rings (SSSR count). The zero-order chi connectivity index (χ0) is 14.7. The monoisotopic (exact) mass is 282 g/mol. The molecule has 0 radical (unpaired) electrons. The Morgan fingerprint density at radius 1 is 1.19 bits per heavy atom. The van der Waals surface area contributed by atoms with Crippen LogP contribution in [0.1, 0.15) is 18.9 Å². The molecule has 0 fully saturated rings. The molecule has 0 saturated heterocycles. The summed E-state index contributed by atoms with van der Waals surface area (Å²) in [6, 6.07) is 8.29. The average Bonchev–Trinajstić information content (AvgIpc) is 2.98. The van der Waals surface area contributed by atoms with Gasteiger partial charge in [-0.3, -0.25) is 5.10 Å². The minimum atomic E-state index is 0.558. The van der Waals surface area contributed by atoms with Crippen LogP contribution in [0.3, 0.4) is 0 Å². The van der Waals surface area contributed by atoms with Crippen LogP contribution in [0.2, 0.25) is 0 Å². The second-order valence-corrected chi connectivity index (χ2v) is 4.81. The zero-order valence-corrected chi connectivity index (χ0v) is 12.1. The molecular formula is C15H18N6. The van der Waals surface area contributed by atoms with Crippen molar-refractivity contribution in [2.75, 3.05) is 17.7 Å². The quantitative estimate of drug-likeness (QED) is 0.670. The lowest BCUT2D eigenvalue weighted by Crippen LogP contribution is -2.03. The Hall–Kier alpha value is -2.63. The minimum absolute atomic E-state index is 0.558. The van der Waals surface area contributed by atoms with Crippen molar-refractivity contribution in [3.63, 3.8) is 0 Å². The fraction of sp³-hybridized carbons (Fsp3) is 0.267. The number of fused-ring (bicyclic) bond motifs is 1. The van der Waals surface area contributed by atoms with E-state index in [4.69, 9.17) is 0 Å². The molecule has 6 nitrogen and oxygen atoms in total. The second-order valence-electron chi connectivity index (χ2n) is 4.81. The smallest absolute Gasteiger partial charge is 0.226 e. The van der Waals surface area contributed by atoms with Gasteiger partial charge in [-0.2, -0.15) is 15.1 Å². The lowest BCUT2D eigenvalue weighted by Gasteiger charge is -2.12. The molecule has 2 heterocycles. The Morgan fingerprint density at radius 3 is 2.86 bits per heavy atom. The molecule has 0 amide bonds. The third kappa shape index (κ3) is 2.65. The number of nitrogens with zero attached hydrogens (tertiary/aromatic N) is 3. The van der Waals surface area contributed by atoms with E-state index in [9.17, 15) is 0 Å². The summed E-state index contributed by atoms with van der Waals surface area (Å²) in [5, 5.41) is 14.2. The van der Waals surface area contributed by atoms with Gasteiger partial charge < -0.3 is 10.6 Å². The minimum Gasteiger partial charge on any atom is -0.357 e. The molecule has 0 saturated carbocycles. The molecule has 0 bridgehead atoms. The summed E-state index contributed by atoms with van der Waals surface area (Å²) in [5.41, 5.74) is 3.06. The van der Waals surface area contributed by atoms with E-state index < -0.39 is 0 Å². The van der Waals surface area contributed by atoms with Crippen molar-refractivity contribution in [2.24, 2.45) is 0 Å². The number of hydrogen-bond donors (Lipinski definition) is 3. The third-order valence-electron chi connectivity index (χ3n) is 3.32. The zero-order valence-electron chi connectivity index (χ0n) is 12.1. The first kappa shape index (κ1) is 13.4. The first-order valence-corrected chi connectivity index (χ1v) is 7.05. The fourth-order valence-electron chi connectivity index (χ4n) is 2.30. The molecule has 2 aromatic heterocycles. The summed E-state index contributed by atoms with van der Waals surface area (Å²) >= 11 is 0. The number of aromatic nitrogens is 4. The van der Waals surface area contributed by atoms with Crippen LogP contribution >= 0.6 is 0 Å². The Bertz CT molecular complexity index is 749. The third-order valence-corrected chi connectivity index (χ3v) is 3.32. The number of H-pyrrole nitrogens is 1. The van der Waals surface area contributed by atoms with Gasteiger partial charge in [0.1, 0.15) is 5.82 Å². The SMILES string of the molecule is CCCc1ccccc1Nc1nc(NC)nc2[nH]ncc12. The number of aryl methyl sites for hydroxylation is 1. The first-order valence-electron chi connectivity index (χ1n) is 7.05. The van der Waals surface area contributed by atoms with E-state index in [0.29, 0.717) is 11.6 Å². The van der Waals surface area contributed by atoms with E-state index in [1.54, 1.807) is 13.2 Å². The van der Waals surface area contributed by atoms with Crippen molar-refractivity contribution in [1.82, 2.24) is 20.2 Å². The lowest BCUT2D eigenvalue weighted by atomic mass is 10.1. The summed E-state index contributed by atoms with van der Waals surface area (Å²) in [4.78, 5) is 8.83. The van der Waals surface area contributed by atoms with Crippen LogP contribution in [0, 0.1) is 0 Å². The largest absolute Gasteiger partial charge is 0.357 e. The molecule has 21 heavy (non-hydrogen) atoms. The van der Waals surface area contributed by atoms with Crippen molar-refractivity contribution < 1.29 is 0 Å². The summed E-state index contributed by atoms with van der Waals surface area (Å²) in [7, 11) is 1.80.